The number of carbonyl (C=O) groups excluding carboxylic acids is 1. The molecule has 7 nitrogen and oxygen atoms in total. The highest BCUT2D eigenvalue weighted by atomic mass is 32.2. The van der Waals surface area contributed by atoms with Crippen molar-refractivity contribution < 1.29 is 17.9 Å². The van der Waals surface area contributed by atoms with Gasteiger partial charge in [-0.25, -0.2) is 13.4 Å². The van der Waals surface area contributed by atoms with E-state index in [2.05, 4.69) is 9.97 Å². The average Bonchev–Trinajstić information content (AvgIpc) is 3.20. The van der Waals surface area contributed by atoms with Crippen LogP contribution in [0.4, 0.5) is 5.13 Å². The van der Waals surface area contributed by atoms with Crippen LogP contribution in [0.15, 0.2) is 71.9 Å². The van der Waals surface area contributed by atoms with Crippen molar-refractivity contribution in [2.24, 2.45) is 0 Å². The van der Waals surface area contributed by atoms with Gasteiger partial charge in [-0.15, -0.1) is 0 Å². The van der Waals surface area contributed by atoms with Crippen molar-refractivity contribution in [3.05, 3.63) is 78.1 Å². The highest BCUT2D eigenvalue weighted by Gasteiger charge is 2.21. The van der Waals surface area contributed by atoms with Gasteiger partial charge in [0.05, 0.1) is 35.2 Å². The highest BCUT2D eigenvalue weighted by molar-refractivity contribution is 7.90. The first kappa shape index (κ1) is 21.9. The van der Waals surface area contributed by atoms with Crippen molar-refractivity contribution in [3.8, 4) is 5.75 Å². The molecule has 164 valence electrons. The van der Waals surface area contributed by atoms with Crippen LogP contribution in [0.2, 0.25) is 0 Å². The van der Waals surface area contributed by atoms with Crippen LogP contribution in [0.25, 0.3) is 10.2 Å². The summed E-state index contributed by atoms with van der Waals surface area (Å²) in [6, 6.07) is 15.7. The van der Waals surface area contributed by atoms with Crippen LogP contribution in [-0.4, -0.2) is 37.7 Å². The lowest BCUT2D eigenvalue weighted by molar-refractivity contribution is -0.118. The predicted molar refractivity (Wildman–Crippen MR) is 125 cm³/mol. The first-order valence-corrected chi connectivity index (χ1v) is 12.5. The van der Waals surface area contributed by atoms with Crippen LogP contribution in [-0.2, 0) is 27.6 Å². The molecule has 2 aromatic carbocycles. The number of methoxy groups -OCH3 is 1. The third kappa shape index (κ3) is 4.95. The molecular weight excluding hydrogens is 446 g/mol. The van der Waals surface area contributed by atoms with E-state index in [9.17, 15) is 13.2 Å². The number of aromatic nitrogens is 2. The van der Waals surface area contributed by atoms with Crippen LogP contribution in [0.3, 0.4) is 0 Å². The number of carbonyl (C=O) groups is 1. The zero-order valence-electron chi connectivity index (χ0n) is 17.6. The van der Waals surface area contributed by atoms with Gasteiger partial charge in [0.1, 0.15) is 5.75 Å². The van der Waals surface area contributed by atoms with Gasteiger partial charge < -0.3 is 4.74 Å². The molecule has 1 amide bonds. The summed E-state index contributed by atoms with van der Waals surface area (Å²) in [5.41, 5.74) is 2.36. The molecule has 0 saturated heterocycles. The summed E-state index contributed by atoms with van der Waals surface area (Å²) in [5, 5.41) is 0.579. The van der Waals surface area contributed by atoms with Crippen molar-refractivity contribution in [3.63, 3.8) is 0 Å². The summed E-state index contributed by atoms with van der Waals surface area (Å²) in [4.78, 5) is 24.0. The predicted octanol–water partition coefficient (Wildman–Crippen LogP) is 3.88. The Morgan fingerprint density at radius 1 is 1.09 bits per heavy atom. The minimum Gasteiger partial charge on any atom is -0.497 e. The van der Waals surface area contributed by atoms with Gasteiger partial charge in [-0.05, 0) is 41.5 Å². The number of hydrogen-bond acceptors (Lipinski definition) is 7. The van der Waals surface area contributed by atoms with Crippen molar-refractivity contribution in [2.45, 2.75) is 17.9 Å². The van der Waals surface area contributed by atoms with E-state index in [1.165, 1.54) is 23.5 Å². The van der Waals surface area contributed by atoms with Gasteiger partial charge in [-0.3, -0.25) is 14.7 Å². The normalized spacial score (nSPS) is 11.4. The van der Waals surface area contributed by atoms with Crippen LogP contribution < -0.4 is 9.64 Å². The molecule has 4 aromatic rings. The van der Waals surface area contributed by atoms with Crippen molar-refractivity contribution in [2.75, 3.05) is 18.3 Å². The number of hydrogen-bond donors (Lipinski definition) is 0. The Labute approximate surface area is 190 Å². The molecule has 0 bridgehead atoms. The van der Waals surface area contributed by atoms with Crippen LogP contribution in [0.1, 0.15) is 11.1 Å². The number of pyridine rings is 1. The molecule has 9 heteroatoms. The maximum atomic E-state index is 13.3. The van der Waals surface area contributed by atoms with Crippen molar-refractivity contribution in [1.29, 1.82) is 0 Å². The first-order chi connectivity index (χ1) is 15.3. The van der Waals surface area contributed by atoms with E-state index in [0.717, 1.165) is 27.6 Å². The topological polar surface area (TPSA) is 89.5 Å². The summed E-state index contributed by atoms with van der Waals surface area (Å²) in [7, 11) is -1.69. The molecule has 2 aromatic heterocycles. The number of thiazole rings is 1. The molecule has 0 aliphatic carbocycles. The van der Waals surface area contributed by atoms with E-state index < -0.39 is 9.84 Å². The lowest BCUT2D eigenvalue weighted by atomic mass is 10.1. The summed E-state index contributed by atoms with van der Waals surface area (Å²) in [6.45, 7) is 0.324. The fourth-order valence-corrected chi connectivity index (χ4v) is 4.79. The summed E-state index contributed by atoms with van der Waals surface area (Å²) < 4.78 is 29.6. The zero-order chi connectivity index (χ0) is 22.7. The van der Waals surface area contributed by atoms with Gasteiger partial charge in [0.25, 0.3) is 0 Å². The molecule has 0 N–H and O–H groups in total. The number of sulfone groups is 1. The fourth-order valence-electron chi connectivity index (χ4n) is 3.20. The van der Waals surface area contributed by atoms with E-state index in [1.807, 2.05) is 30.3 Å². The first-order valence-electron chi connectivity index (χ1n) is 9.76. The Bertz CT molecular complexity index is 1350. The number of nitrogens with zero attached hydrogens (tertiary/aromatic N) is 3. The zero-order valence-corrected chi connectivity index (χ0v) is 19.2. The number of amides is 1. The van der Waals surface area contributed by atoms with Crippen LogP contribution in [0, 0.1) is 0 Å². The van der Waals surface area contributed by atoms with E-state index in [4.69, 9.17) is 4.74 Å². The van der Waals surface area contributed by atoms with Crippen molar-refractivity contribution in [1.82, 2.24) is 9.97 Å². The third-order valence-corrected chi connectivity index (χ3v) is 7.07. The van der Waals surface area contributed by atoms with Gasteiger partial charge in [-0.2, -0.15) is 0 Å². The maximum absolute atomic E-state index is 13.3. The molecule has 0 atom stereocenters. The monoisotopic (exact) mass is 467 g/mol. The van der Waals surface area contributed by atoms with E-state index in [1.54, 1.807) is 36.5 Å². The minimum atomic E-state index is -3.29. The highest BCUT2D eigenvalue weighted by Crippen LogP contribution is 2.32. The van der Waals surface area contributed by atoms with Gasteiger partial charge in [0.15, 0.2) is 15.0 Å². The summed E-state index contributed by atoms with van der Waals surface area (Å²) in [5.74, 6) is 0.553. The fraction of sp³-hybridized carbons (Fsp3) is 0.174. The van der Waals surface area contributed by atoms with Gasteiger partial charge in [-0.1, -0.05) is 29.5 Å². The quantitative estimate of drug-likeness (QED) is 0.410. The Morgan fingerprint density at radius 3 is 2.53 bits per heavy atom. The summed E-state index contributed by atoms with van der Waals surface area (Å²) >= 11 is 1.43. The Hall–Kier alpha value is -3.30. The van der Waals surface area contributed by atoms with E-state index >= 15 is 0 Å². The molecule has 0 fully saturated rings. The van der Waals surface area contributed by atoms with Crippen molar-refractivity contribution >= 4 is 42.4 Å². The molecule has 0 radical (unpaired) electrons. The van der Waals surface area contributed by atoms with Gasteiger partial charge in [0.2, 0.25) is 5.91 Å². The second-order valence-corrected chi connectivity index (χ2v) is 10.3. The number of anilines is 1. The molecular formula is C23H21N3O4S2. The lowest BCUT2D eigenvalue weighted by Crippen LogP contribution is -2.31. The Balaban J connectivity index is 1.65. The Kier molecular flexibility index (Phi) is 6.20. The maximum Gasteiger partial charge on any atom is 0.233 e. The molecule has 0 spiro atoms. The van der Waals surface area contributed by atoms with Gasteiger partial charge >= 0.3 is 0 Å². The average molecular weight is 468 g/mol. The van der Waals surface area contributed by atoms with Gasteiger partial charge in [0, 0.05) is 24.7 Å². The second-order valence-electron chi connectivity index (χ2n) is 7.26. The largest absolute Gasteiger partial charge is 0.497 e. The number of rotatable bonds is 7. The molecule has 4 rings (SSSR count). The van der Waals surface area contributed by atoms with Crippen LogP contribution in [0.5, 0.6) is 5.75 Å². The lowest BCUT2D eigenvalue weighted by Gasteiger charge is -2.20. The SMILES string of the molecule is COc1ccc2sc(N(Cc3cccnc3)C(=O)Cc3ccc(S(C)(=O)=O)cc3)nc2c1. The van der Waals surface area contributed by atoms with E-state index in [-0.39, 0.29) is 17.2 Å². The number of benzene rings is 2. The Morgan fingerprint density at radius 2 is 1.88 bits per heavy atom. The van der Waals surface area contributed by atoms with E-state index in [0.29, 0.717) is 17.4 Å². The minimum absolute atomic E-state index is 0.115. The molecule has 0 unspecified atom stereocenters. The summed E-state index contributed by atoms with van der Waals surface area (Å²) in [6.07, 6.45) is 4.68. The smallest absolute Gasteiger partial charge is 0.233 e. The third-order valence-electron chi connectivity index (χ3n) is 4.89. The molecule has 0 aliphatic heterocycles. The molecule has 0 saturated carbocycles. The number of ether oxygens (including phenoxy) is 1. The standard InChI is InChI=1S/C23H21N3O4S2/c1-30-18-7-10-21-20(13-18)25-23(31-21)26(15-17-4-3-11-24-14-17)22(27)12-16-5-8-19(9-6-16)32(2,28)29/h3-11,13-14H,12,15H2,1-2H3. The number of fused-ring (bicyclic) bond motifs is 1. The molecule has 0 aliphatic rings. The molecule has 2 heterocycles. The second kappa shape index (κ2) is 9.05. The molecule has 32 heavy (non-hydrogen) atoms. The van der Waals surface area contributed by atoms with Crippen LogP contribution >= 0.6 is 11.3 Å².